The Morgan fingerprint density at radius 1 is 1.29 bits per heavy atom. The Balaban J connectivity index is 2.52. The van der Waals surface area contributed by atoms with Crippen molar-refractivity contribution in [3.63, 3.8) is 0 Å². The Morgan fingerprint density at radius 2 is 2.06 bits per heavy atom. The van der Waals surface area contributed by atoms with Gasteiger partial charge in [-0.1, -0.05) is 13.8 Å². The molecule has 0 saturated carbocycles. The van der Waals surface area contributed by atoms with Gasteiger partial charge in [-0.25, -0.2) is 0 Å². The summed E-state index contributed by atoms with van der Waals surface area (Å²) in [5.41, 5.74) is 1.87. The Morgan fingerprint density at radius 3 is 2.71 bits per heavy atom. The van der Waals surface area contributed by atoms with E-state index in [1.54, 1.807) is 6.33 Å². The van der Waals surface area contributed by atoms with Crippen molar-refractivity contribution in [1.82, 2.24) is 24.9 Å². The number of rotatable bonds is 4. The van der Waals surface area contributed by atoms with Gasteiger partial charge in [0.05, 0.1) is 5.69 Å². The van der Waals surface area contributed by atoms with Gasteiger partial charge in [-0.15, -0.1) is 10.2 Å². The van der Waals surface area contributed by atoms with E-state index in [9.17, 15) is 0 Å². The summed E-state index contributed by atoms with van der Waals surface area (Å²) in [4.78, 5) is 4.51. The molecule has 0 aromatic carbocycles. The smallest absolute Gasteiger partial charge is 0.182 e. The second-order valence-corrected chi connectivity index (χ2v) is 4.72. The van der Waals surface area contributed by atoms with E-state index < -0.39 is 0 Å². The van der Waals surface area contributed by atoms with Gasteiger partial charge in [-0.2, -0.15) is 0 Å². The number of likely N-dealkylation sites (N-methyl/N-ethyl adjacent to an activating group) is 1. The molecule has 92 valence electrons. The summed E-state index contributed by atoms with van der Waals surface area (Å²) in [6.07, 6.45) is 5.39. The molecule has 2 rings (SSSR count). The summed E-state index contributed by atoms with van der Waals surface area (Å²) in [7, 11) is 1.98. The fourth-order valence-corrected chi connectivity index (χ4v) is 2.32. The van der Waals surface area contributed by atoms with Crippen LogP contribution >= 0.6 is 0 Å². The molecular weight excluding hydrogens is 214 g/mol. The molecule has 2 unspecified atom stereocenters. The van der Waals surface area contributed by atoms with Gasteiger partial charge in [0.15, 0.2) is 5.65 Å². The molecule has 2 aromatic heterocycles. The molecule has 0 aliphatic rings. The van der Waals surface area contributed by atoms with Crippen LogP contribution in [0.3, 0.4) is 0 Å². The summed E-state index contributed by atoms with van der Waals surface area (Å²) in [6, 6.07) is 0.352. The zero-order valence-electron chi connectivity index (χ0n) is 10.8. The van der Waals surface area contributed by atoms with E-state index in [1.165, 1.54) is 0 Å². The first-order valence-electron chi connectivity index (χ1n) is 5.96. The third-order valence-corrected chi connectivity index (χ3v) is 3.27. The van der Waals surface area contributed by atoms with Crippen LogP contribution in [0.2, 0.25) is 0 Å². The van der Waals surface area contributed by atoms with E-state index in [0.717, 1.165) is 11.3 Å². The van der Waals surface area contributed by atoms with Crippen LogP contribution < -0.4 is 5.32 Å². The highest BCUT2D eigenvalue weighted by Crippen LogP contribution is 2.28. The Labute approximate surface area is 101 Å². The summed E-state index contributed by atoms with van der Waals surface area (Å²) < 4.78 is 1.92. The van der Waals surface area contributed by atoms with Crippen LogP contribution in [0, 0.1) is 5.92 Å². The number of fused-ring (bicyclic) bond motifs is 1. The van der Waals surface area contributed by atoms with Crippen molar-refractivity contribution >= 4 is 5.65 Å². The van der Waals surface area contributed by atoms with Crippen molar-refractivity contribution in [2.45, 2.75) is 32.7 Å². The number of hydrogen-bond acceptors (Lipinski definition) is 4. The largest absolute Gasteiger partial charge is 0.317 e. The highest BCUT2D eigenvalue weighted by molar-refractivity contribution is 5.44. The van der Waals surface area contributed by atoms with Gasteiger partial charge < -0.3 is 5.32 Å². The van der Waals surface area contributed by atoms with Crippen LogP contribution in [0.25, 0.3) is 5.65 Å². The fraction of sp³-hybridized carbons (Fsp3) is 0.583. The predicted octanol–water partition coefficient (Wildman–Crippen LogP) is 1.47. The quantitative estimate of drug-likeness (QED) is 0.869. The van der Waals surface area contributed by atoms with Crippen LogP contribution in [0.5, 0.6) is 0 Å². The van der Waals surface area contributed by atoms with Gasteiger partial charge in [0.2, 0.25) is 0 Å². The highest BCUT2D eigenvalue weighted by atomic mass is 15.2. The lowest BCUT2D eigenvalue weighted by molar-refractivity contribution is 0.389. The van der Waals surface area contributed by atoms with Gasteiger partial charge in [0.1, 0.15) is 6.33 Å². The maximum Gasteiger partial charge on any atom is 0.182 e. The minimum Gasteiger partial charge on any atom is -0.317 e. The van der Waals surface area contributed by atoms with E-state index >= 15 is 0 Å². The summed E-state index contributed by atoms with van der Waals surface area (Å²) >= 11 is 0. The number of hydrogen-bond donors (Lipinski definition) is 1. The van der Waals surface area contributed by atoms with E-state index in [1.807, 2.05) is 23.8 Å². The molecule has 17 heavy (non-hydrogen) atoms. The molecule has 0 amide bonds. The first-order chi connectivity index (χ1) is 8.15. The fourth-order valence-electron chi connectivity index (χ4n) is 2.32. The molecule has 5 nitrogen and oxygen atoms in total. The number of nitrogens with zero attached hydrogens (tertiary/aromatic N) is 4. The molecule has 2 aromatic rings. The van der Waals surface area contributed by atoms with E-state index in [0.29, 0.717) is 17.9 Å². The number of nitrogens with one attached hydrogen (secondary N) is 1. The third-order valence-electron chi connectivity index (χ3n) is 3.27. The molecular formula is C12H19N5. The average molecular weight is 233 g/mol. The van der Waals surface area contributed by atoms with Gasteiger partial charge >= 0.3 is 0 Å². The molecule has 0 aliphatic carbocycles. The molecule has 0 radical (unpaired) electrons. The summed E-state index contributed by atoms with van der Waals surface area (Å²) in [5, 5.41) is 11.4. The van der Waals surface area contributed by atoms with Crippen molar-refractivity contribution in [3.8, 4) is 0 Å². The lowest BCUT2D eigenvalue weighted by Gasteiger charge is -2.26. The minimum atomic E-state index is 0.327. The Kier molecular flexibility index (Phi) is 3.38. The first-order valence-corrected chi connectivity index (χ1v) is 5.96. The molecule has 0 aliphatic heterocycles. The molecule has 0 fully saturated rings. The minimum absolute atomic E-state index is 0.327. The monoisotopic (exact) mass is 233 g/mol. The average Bonchev–Trinajstić information content (AvgIpc) is 2.77. The van der Waals surface area contributed by atoms with E-state index in [-0.39, 0.29) is 0 Å². The molecule has 2 heterocycles. The Bertz CT molecular complexity index is 490. The standard InChI is InChI=1S/C12H19N5/c1-8(2)10(9(3)13-4)11-12-16-15-7-17(12)6-5-14-11/h5-10,13H,1-4H3. The van der Waals surface area contributed by atoms with Crippen molar-refractivity contribution in [2.24, 2.45) is 5.92 Å². The van der Waals surface area contributed by atoms with Crippen molar-refractivity contribution in [3.05, 3.63) is 24.4 Å². The molecule has 1 N–H and O–H groups in total. The zero-order valence-corrected chi connectivity index (χ0v) is 10.8. The van der Waals surface area contributed by atoms with Crippen molar-refractivity contribution in [2.75, 3.05) is 7.05 Å². The molecule has 0 spiro atoms. The first kappa shape index (κ1) is 12.0. The normalized spacial score (nSPS) is 15.4. The van der Waals surface area contributed by atoms with Crippen LogP contribution in [0.1, 0.15) is 32.4 Å². The van der Waals surface area contributed by atoms with E-state index in [2.05, 4.69) is 41.3 Å². The van der Waals surface area contributed by atoms with Crippen LogP contribution in [0.4, 0.5) is 0 Å². The lowest BCUT2D eigenvalue weighted by Crippen LogP contribution is -2.32. The van der Waals surface area contributed by atoms with Gasteiger partial charge in [0, 0.05) is 24.4 Å². The van der Waals surface area contributed by atoms with Crippen molar-refractivity contribution < 1.29 is 0 Å². The highest BCUT2D eigenvalue weighted by Gasteiger charge is 2.25. The van der Waals surface area contributed by atoms with E-state index in [4.69, 9.17) is 0 Å². The summed E-state index contributed by atoms with van der Waals surface area (Å²) in [6.45, 7) is 6.59. The predicted molar refractivity (Wildman–Crippen MR) is 66.9 cm³/mol. The zero-order chi connectivity index (χ0) is 12.4. The lowest BCUT2D eigenvalue weighted by atomic mass is 9.86. The van der Waals surface area contributed by atoms with Crippen LogP contribution in [-0.2, 0) is 0 Å². The SMILES string of the molecule is CNC(C)C(c1nccn2cnnc12)C(C)C. The molecule has 5 heteroatoms. The van der Waals surface area contributed by atoms with Crippen LogP contribution in [-0.4, -0.2) is 32.7 Å². The second-order valence-electron chi connectivity index (χ2n) is 4.72. The Hall–Kier alpha value is -1.49. The molecule has 0 saturated heterocycles. The summed E-state index contributed by atoms with van der Waals surface area (Å²) in [5.74, 6) is 0.820. The van der Waals surface area contributed by atoms with Crippen LogP contribution in [0.15, 0.2) is 18.7 Å². The topological polar surface area (TPSA) is 55.1 Å². The van der Waals surface area contributed by atoms with Gasteiger partial charge in [-0.05, 0) is 19.9 Å². The van der Waals surface area contributed by atoms with Gasteiger partial charge in [-0.3, -0.25) is 9.38 Å². The maximum absolute atomic E-state index is 4.51. The third kappa shape index (κ3) is 2.15. The van der Waals surface area contributed by atoms with Crippen molar-refractivity contribution in [1.29, 1.82) is 0 Å². The number of aromatic nitrogens is 4. The maximum atomic E-state index is 4.51. The molecule has 2 atom stereocenters. The second kappa shape index (κ2) is 4.79. The van der Waals surface area contributed by atoms with Gasteiger partial charge in [0.25, 0.3) is 0 Å². The molecule has 0 bridgehead atoms.